The van der Waals surface area contributed by atoms with Crippen molar-refractivity contribution in [1.29, 1.82) is 0 Å². The second kappa shape index (κ2) is 5.96. The van der Waals surface area contributed by atoms with Crippen LogP contribution >= 0.6 is 11.3 Å². The van der Waals surface area contributed by atoms with Crippen LogP contribution in [0.2, 0.25) is 0 Å². The molecule has 2 heterocycles. The summed E-state index contributed by atoms with van der Waals surface area (Å²) in [5, 5.41) is 11.0. The van der Waals surface area contributed by atoms with Gasteiger partial charge in [-0.2, -0.15) is 0 Å². The van der Waals surface area contributed by atoms with Crippen molar-refractivity contribution >= 4 is 27.5 Å². The first-order valence-corrected chi connectivity index (χ1v) is 8.16. The number of hydrogen-bond donors (Lipinski definition) is 1. The molecule has 2 aromatic heterocycles. The Bertz CT molecular complexity index is 926. The highest BCUT2D eigenvalue weighted by Gasteiger charge is 2.20. The average Bonchev–Trinajstić information content (AvgIpc) is 2.95. The first-order valence-electron chi connectivity index (χ1n) is 7.28. The third-order valence-electron chi connectivity index (χ3n) is 3.65. The minimum absolute atomic E-state index is 0.0274. The van der Waals surface area contributed by atoms with E-state index in [1.807, 2.05) is 44.2 Å². The Morgan fingerprint density at radius 2 is 2.00 bits per heavy atom. The number of benzene rings is 1. The minimum Gasteiger partial charge on any atom is -0.478 e. The van der Waals surface area contributed by atoms with Gasteiger partial charge in [-0.15, -0.1) is 11.3 Å². The van der Waals surface area contributed by atoms with Crippen molar-refractivity contribution < 1.29 is 9.90 Å². The monoisotopic (exact) mass is 328 g/mol. The summed E-state index contributed by atoms with van der Waals surface area (Å²) in [6, 6.07) is 9.61. The summed E-state index contributed by atoms with van der Waals surface area (Å²) in [5.74, 6) is -0.366. The Labute approximate surface area is 136 Å². The molecule has 0 aliphatic heterocycles. The Kier molecular flexibility index (Phi) is 4.00. The van der Waals surface area contributed by atoms with Gasteiger partial charge in [0.15, 0.2) is 0 Å². The van der Waals surface area contributed by atoms with Crippen LogP contribution in [0.4, 0.5) is 0 Å². The van der Waals surface area contributed by atoms with Crippen LogP contribution in [0.25, 0.3) is 10.2 Å². The molecule has 0 spiro atoms. The zero-order chi connectivity index (χ0) is 16.6. The van der Waals surface area contributed by atoms with Crippen LogP contribution in [0.3, 0.4) is 0 Å². The van der Waals surface area contributed by atoms with Crippen molar-refractivity contribution in [3.8, 4) is 0 Å². The Hall–Kier alpha value is -2.47. The van der Waals surface area contributed by atoms with Gasteiger partial charge in [-0.3, -0.25) is 9.36 Å². The molecule has 0 radical (unpaired) electrons. The molecule has 0 bridgehead atoms. The van der Waals surface area contributed by atoms with E-state index in [-0.39, 0.29) is 22.4 Å². The standard InChI is InChI=1S/C17H16N2O3S/c1-10(2)14-18-15-13(12(9-23-15)17(21)22)16(20)19(14)8-11-6-4-3-5-7-11/h3-7,9-10H,8H2,1-2H3,(H,21,22). The number of nitrogens with zero attached hydrogens (tertiary/aromatic N) is 2. The van der Waals surface area contributed by atoms with Gasteiger partial charge >= 0.3 is 5.97 Å². The van der Waals surface area contributed by atoms with Crippen LogP contribution in [-0.2, 0) is 6.54 Å². The SMILES string of the molecule is CC(C)c1nc2scc(C(=O)O)c2c(=O)n1Cc1ccccc1. The molecule has 3 rings (SSSR count). The molecule has 23 heavy (non-hydrogen) atoms. The predicted molar refractivity (Wildman–Crippen MR) is 90.5 cm³/mol. The number of carboxylic acids is 1. The molecular formula is C17H16N2O3S. The van der Waals surface area contributed by atoms with Gasteiger partial charge in [0.2, 0.25) is 0 Å². The number of aromatic nitrogens is 2. The van der Waals surface area contributed by atoms with Gasteiger partial charge in [-0.25, -0.2) is 9.78 Å². The molecule has 0 aliphatic carbocycles. The lowest BCUT2D eigenvalue weighted by atomic mass is 10.1. The number of carbonyl (C=O) groups is 1. The largest absolute Gasteiger partial charge is 0.478 e. The molecule has 118 valence electrons. The third kappa shape index (κ3) is 2.77. The highest BCUT2D eigenvalue weighted by atomic mass is 32.1. The smallest absolute Gasteiger partial charge is 0.337 e. The maximum atomic E-state index is 12.9. The Balaban J connectivity index is 2.27. The summed E-state index contributed by atoms with van der Waals surface area (Å²) in [4.78, 5) is 29.3. The van der Waals surface area contributed by atoms with Crippen LogP contribution < -0.4 is 5.56 Å². The minimum atomic E-state index is -1.10. The zero-order valence-electron chi connectivity index (χ0n) is 12.8. The fraction of sp³-hybridized carbons (Fsp3) is 0.235. The molecule has 0 atom stereocenters. The van der Waals surface area contributed by atoms with E-state index >= 15 is 0 Å². The van der Waals surface area contributed by atoms with Crippen molar-refractivity contribution in [2.75, 3.05) is 0 Å². The number of fused-ring (bicyclic) bond motifs is 1. The van der Waals surface area contributed by atoms with E-state index in [1.165, 1.54) is 16.7 Å². The summed E-state index contributed by atoms with van der Waals surface area (Å²) >= 11 is 1.20. The van der Waals surface area contributed by atoms with Crippen molar-refractivity contribution in [3.63, 3.8) is 0 Å². The number of aromatic carboxylic acids is 1. The zero-order valence-corrected chi connectivity index (χ0v) is 13.6. The number of carboxylic acid groups (broad SMARTS) is 1. The molecule has 0 saturated heterocycles. The van der Waals surface area contributed by atoms with Gasteiger partial charge in [0.25, 0.3) is 5.56 Å². The molecule has 5 nitrogen and oxygen atoms in total. The van der Waals surface area contributed by atoms with Gasteiger partial charge in [-0.05, 0) is 5.56 Å². The molecule has 6 heteroatoms. The van der Waals surface area contributed by atoms with Crippen molar-refractivity contribution in [3.05, 3.63) is 63.0 Å². The van der Waals surface area contributed by atoms with Crippen LogP contribution in [0.1, 0.15) is 41.5 Å². The van der Waals surface area contributed by atoms with Gasteiger partial charge in [0, 0.05) is 11.3 Å². The second-order valence-corrected chi connectivity index (χ2v) is 6.49. The molecule has 0 unspecified atom stereocenters. The highest BCUT2D eigenvalue weighted by molar-refractivity contribution is 7.17. The van der Waals surface area contributed by atoms with E-state index in [4.69, 9.17) is 0 Å². The highest BCUT2D eigenvalue weighted by Crippen LogP contribution is 2.24. The lowest BCUT2D eigenvalue weighted by molar-refractivity contribution is 0.0699. The molecule has 0 fully saturated rings. The van der Waals surface area contributed by atoms with Crippen LogP contribution in [0.15, 0.2) is 40.5 Å². The van der Waals surface area contributed by atoms with E-state index in [9.17, 15) is 14.7 Å². The number of rotatable bonds is 4. The van der Waals surface area contributed by atoms with Crippen LogP contribution in [0, 0.1) is 0 Å². The van der Waals surface area contributed by atoms with Crippen molar-refractivity contribution in [2.24, 2.45) is 0 Å². The van der Waals surface area contributed by atoms with E-state index in [1.54, 1.807) is 4.57 Å². The van der Waals surface area contributed by atoms with E-state index in [0.29, 0.717) is 17.2 Å². The quantitative estimate of drug-likeness (QED) is 0.797. The third-order valence-corrected chi connectivity index (χ3v) is 4.53. The van der Waals surface area contributed by atoms with E-state index in [0.717, 1.165) is 5.56 Å². The van der Waals surface area contributed by atoms with Crippen molar-refractivity contribution in [1.82, 2.24) is 9.55 Å². The number of thiophene rings is 1. The predicted octanol–water partition coefficient (Wildman–Crippen LogP) is 3.33. The lowest BCUT2D eigenvalue weighted by Crippen LogP contribution is -2.27. The van der Waals surface area contributed by atoms with E-state index in [2.05, 4.69) is 4.98 Å². The molecule has 0 amide bonds. The lowest BCUT2D eigenvalue weighted by Gasteiger charge is -2.15. The molecular weight excluding hydrogens is 312 g/mol. The normalized spacial score (nSPS) is 11.3. The topological polar surface area (TPSA) is 72.2 Å². The second-order valence-electron chi connectivity index (χ2n) is 5.64. The van der Waals surface area contributed by atoms with Gasteiger partial charge < -0.3 is 5.11 Å². The van der Waals surface area contributed by atoms with Crippen molar-refractivity contribution in [2.45, 2.75) is 26.3 Å². The molecule has 3 aromatic rings. The van der Waals surface area contributed by atoms with Gasteiger partial charge in [0.05, 0.1) is 17.5 Å². The molecule has 0 aliphatic rings. The molecule has 1 aromatic carbocycles. The van der Waals surface area contributed by atoms with Gasteiger partial charge in [-0.1, -0.05) is 44.2 Å². The molecule has 0 saturated carbocycles. The number of hydrogen-bond acceptors (Lipinski definition) is 4. The maximum absolute atomic E-state index is 12.9. The van der Waals surface area contributed by atoms with Crippen LogP contribution in [-0.4, -0.2) is 20.6 Å². The summed E-state index contributed by atoms with van der Waals surface area (Å²) in [6.45, 7) is 4.33. The maximum Gasteiger partial charge on any atom is 0.337 e. The summed E-state index contributed by atoms with van der Waals surface area (Å²) in [5.41, 5.74) is 0.713. The Morgan fingerprint density at radius 3 is 2.61 bits per heavy atom. The summed E-state index contributed by atoms with van der Waals surface area (Å²) in [7, 11) is 0. The summed E-state index contributed by atoms with van der Waals surface area (Å²) < 4.78 is 1.58. The first-order chi connectivity index (χ1) is 11.0. The fourth-order valence-corrected chi connectivity index (χ4v) is 3.47. The Morgan fingerprint density at radius 1 is 1.30 bits per heavy atom. The summed E-state index contributed by atoms with van der Waals surface area (Å²) in [6.07, 6.45) is 0. The van der Waals surface area contributed by atoms with Crippen LogP contribution in [0.5, 0.6) is 0 Å². The average molecular weight is 328 g/mol. The fourth-order valence-electron chi connectivity index (χ4n) is 2.56. The molecule has 1 N–H and O–H groups in total. The first kappa shape index (κ1) is 15.4. The van der Waals surface area contributed by atoms with Gasteiger partial charge in [0.1, 0.15) is 10.7 Å². The van der Waals surface area contributed by atoms with E-state index < -0.39 is 5.97 Å².